The molecule has 26 heavy (non-hydrogen) atoms. The number of ether oxygens (including phenoxy) is 1. The summed E-state index contributed by atoms with van der Waals surface area (Å²) >= 11 is 0. The largest absolute Gasteiger partial charge is 0.371 e. The molecule has 0 radical (unpaired) electrons. The molecule has 0 saturated heterocycles. The molecule has 1 aromatic carbocycles. The maximum absolute atomic E-state index is 6.28. The molecule has 1 aromatic rings. The summed E-state index contributed by atoms with van der Waals surface area (Å²) < 4.78 is 6.28. The second-order valence-electron chi connectivity index (χ2n) is 7.27. The van der Waals surface area contributed by atoms with Gasteiger partial charge in [0.25, 0.3) is 0 Å². The molecule has 0 heterocycles. The van der Waals surface area contributed by atoms with Crippen molar-refractivity contribution in [2.75, 3.05) is 6.61 Å². The van der Waals surface area contributed by atoms with Gasteiger partial charge in [-0.3, -0.25) is 4.99 Å². The zero-order valence-corrected chi connectivity index (χ0v) is 16.6. The fourth-order valence-electron chi connectivity index (χ4n) is 3.31. The van der Waals surface area contributed by atoms with Gasteiger partial charge in [0.15, 0.2) is 0 Å². The first-order valence-electron chi connectivity index (χ1n) is 10.4. The first-order chi connectivity index (χ1) is 12.8. The third-order valence-electron chi connectivity index (χ3n) is 4.92. The Morgan fingerprint density at radius 1 is 1.00 bits per heavy atom. The number of rotatable bonds is 12. The Bertz CT molecular complexity index is 587. The van der Waals surface area contributed by atoms with E-state index in [1.807, 2.05) is 24.4 Å². The van der Waals surface area contributed by atoms with E-state index in [0.29, 0.717) is 0 Å². The summed E-state index contributed by atoms with van der Waals surface area (Å²) in [6, 6.07) is 10.2. The van der Waals surface area contributed by atoms with Crippen LogP contribution in [0.4, 0.5) is 0 Å². The number of allylic oxidation sites excluding steroid dienone is 1. The van der Waals surface area contributed by atoms with Crippen LogP contribution in [0.5, 0.6) is 0 Å². The van der Waals surface area contributed by atoms with E-state index in [9.17, 15) is 0 Å². The Balaban J connectivity index is 1.87. The van der Waals surface area contributed by atoms with Crippen molar-refractivity contribution in [3.8, 4) is 0 Å². The normalized spacial score (nSPS) is 19.8. The van der Waals surface area contributed by atoms with Crippen LogP contribution >= 0.6 is 0 Å². The molecule has 1 atom stereocenters. The van der Waals surface area contributed by atoms with E-state index in [-0.39, 0.29) is 5.60 Å². The second kappa shape index (κ2) is 11.9. The highest BCUT2D eigenvalue weighted by Gasteiger charge is 2.28. The average Bonchev–Trinajstić information content (AvgIpc) is 2.69. The number of benzene rings is 1. The quantitative estimate of drug-likeness (QED) is 0.297. The minimum absolute atomic E-state index is 0.119. The van der Waals surface area contributed by atoms with Crippen LogP contribution in [-0.2, 0) is 4.74 Å². The smallest absolute Gasteiger partial charge is 0.0901 e. The predicted molar refractivity (Wildman–Crippen MR) is 113 cm³/mol. The molecule has 0 spiro atoms. The monoisotopic (exact) mass is 353 g/mol. The van der Waals surface area contributed by atoms with E-state index < -0.39 is 0 Å². The van der Waals surface area contributed by atoms with Crippen molar-refractivity contribution >= 4 is 6.21 Å². The van der Waals surface area contributed by atoms with E-state index in [2.05, 4.69) is 49.2 Å². The van der Waals surface area contributed by atoms with Crippen LogP contribution in [0.25, 0.3) is 0 Å². The summed E-state index contributed by atoms with van der Waals surface area (Å²) in [5, 5.41) is 0. The Labute approximate surface area is 160 Å². The maximum atomic E-state index is 6.28. The van der Waals surface area contributed by atoms with Crippen molar-refractivity contribution in [2.24, 2.45) is 4.99 Å². The summed E-state index contributed by atoms with van der Waals surface area (Å²) in [6.45, 7) is 5.28. The first kappa shape index (κ1) is 20.6. The zero-order valence-electron chi connectivity index (χ0n) is 16.6. The Kier molecular flexibility index (Phi) is 9.41. The predicted octanol–water partition coefficient (Wildman–Crippen LogP) is 6.87. The zero-order chi connectivity index (χ0) is 18.5. The highest BCUT2D eigenvalue weighted by Crippen LogP contribution is 2.31. The molecule has 2 rings (SSSR count). The molecule has 0 fully saturated rings. The highest BCUT2D eigenvalue weighted by atomic mass is 16.5. The van der Waals surface area contributed by atoms with Crippen molar-refractivity contribution in [1.82, 2.24) is 0 Å². The lowest BCUT2D eigenvalue weighted by molar-refractivity contribution is -0.0148. The van der Waals surface area contributed by atoms with Gasteiger partial charge < -0.3 is 4.74 Å². The second-order valence-corrected chi connectivity index (χ2v) is 7.27. The summed E-state index contributed by atoms with van der Waals surface area (Å²) in [4.78, 5) is 4.62. The molecular formula is C24H35NO. The van der Waals surface area contributed by atoms with Gasteiger partial charge in [-0.25, -0.2) is 0 Å². The van der Waals surface area contributed by atoms with Gasteiger partial charge in [-0.2, -0.15) is 0 Å². The van der Waals surface area contributed by atoms with Crippen molar-refractivity contribution in [2.45, 2.75) is 77.2 Å². The third kappa shape index (κ3) is 7.29. The standard InChI is InChI=1S/C24H35NO/c1-3-5-6-7-8-12-17-24(26-20-4-2)18-15-23(16-19-24)25-21-22-13-10-9-11-14-22/h9-11,13-16,18,21H,3-8,12,17,19-20H2,1-2H3. The molecule has 0 N–H and O–H groups in total. The lowest BCUT2D eigenvalue weighted by Crippen LogP contribution is -2.31. The first-order valence-corrected chi connectivity index (χ1v) is 10.4. The lowest BCUT2D eigenvalue weighted by Gasteiger charge is -2.32. The van der Waals surface area contributed by atoms with Crippen LogP contribution in [0.3, 0.4) is 0 Å². The van der Waals surface area contributed by atoms with Crippen LogP contribution in [0, 0.1) is 0 Å². The van der Waals surface area contributed by atoms with Crippen molar-refractivity contribution in [3.05, 3.63) is 59.8 Å². The van der Waals surface area contributed by atoms with Gasteiger partial charge in [-0.05, 0) is 24.5 Å². The average molecular weight is 354 g/mol. The molecular weight excluding hydrogens is 318 g/mol. The molecule has 1 unspecified atom stereocenters. The van der Waals surface area contributed by atoms with Gasteiger partial charge >= 0.3 is 0 Å². The van der Waals surface area contributed by atoms with Gasteiger partial charge in [0.05, 0.1) is 11.3 Å². The Morgan fingerprint density at radius 3 is 2.46 bits per heavy atom. The molecule has 1 aliphatic rings. The Hall–Kier alpha value is -1.67. The van der Waals surface area contributed by atoms with E-state index >= 15 is 0 Å². The number of nitrogens with zero attached hydrogens (tertiary/aromatic N) is 1. The van der Waals surface area contributed by atoms with Crippen LogP contribution in [0.1, 0.15) is 77.2 Å². The molecule has 2 nitrogen and oxygen atoms in total. The number of hydrogen-bond acceptors (Lipinski definition) is 2. The van der Waals surface area contributed by atoms with Gasteiger partial charge in [0, 0.05) is 19.2 Å². The molecule has 0 aliphatic heterocycles. The summed E-state index contributed by atoms with van der Waals surface area (Å²) in [6.07, 6.45) is 19.6. The van der Waals surface area contributed by atoms with Gasteiger partial charge in [-0.1, -0.05) is 94.9 Å². The summed E-state index contributed by atoms with van der Waals surface area (Å²) in [5.74, 6) is 0. The summed E-state index contributed by atoms with van der Waals surface area (Å²) in [5.41, 5.74) is 2.05. The van der Waals surface area contributed by atoms with Crippen LogP contribution in [-0.4, -0.2) is 18.4 Å². The molecule has 0 bridgehead atoms. The van der Waals surface area contributed by atoms with Crippen LogP contribution in [0.15, 0.2) is 59.2 Å². The Morgan fingerprint density at radius 2 is 1.77 bits per heavy atom. The minimum atomic E-state index is -0.119. The molecule has 1 aliphatic carbocycles. The van der Waals surface area contributed by atoms with Crippen LogP contribution in [0.2, 0.25) is 0 Å². The van der Waals surface area contributed by atoms with Crippen LogP contribution < -0.4 is 0 Å². The fourth-order valence-corrected chi connectivity index (χ4v) is 3.31. The topological polar surface area (TPSA) is 21.6 Å². The van der Waals surface area contributed by atoms with E-state index in [1.165, 1.54) is 38.5 Å². The number of unbranched alkanes of at least 4 members (excludes halogenated alkanes) is 5. The lowest BCUT2D eigenvalue weighted by atomic mass is 9.88. The third-order valence-corrected chi connectivity index (χ3v) is 4.92. The summed E-state index contributed by atoms with van der Waals surface area (Å²) in [7, 11) is 0. The van der Waals surface area contributed by atoms with Crippen molar-refractivity contribution < 1.29 is 4.74 Å². The maximum Gasteiger partial charge on any atom is 0.0901 e. The van der Waals surface area contributed by atoms with E-state index in [1.54, 1.807) is 0 Å². The van der Waals surface area contributed by atoms with Gasteiger partial charge in [0.2, 0.25) is 0 Å². The highest BCUT2D eigenvalue weighted by molar-refractivity contribution is 5.80. The van der Waals surface area contributed by atoms with E-state index in [0.717, 1.165) is 37.1 Å². The number of aliphatic imine (C=N–C) groups is 1. The van der Waals surface area contributed by atoms with E-state index in [4.69, 9.17) is 4.74 Å². The van der Waals surface area contributed by atoms with Crippen molar-refractivity contribution in [3.63, 3.8) is 0 Å². The number of hydrogen-bond donors (Lipinski definition) is 0. The van der Waals surface area contributed by atoms with Crippen molar-refractivity contribution in [1.29, 1.82) is 0 Å². The van der Waals surface area contributed by atoms with Gasteiger partial charge in [0.1, 0.15) is 0 Å². The molecule has 2 heteroatoms. The molecule has 142 valence electrons. The molecule has 0 saturated carbocycles. The molecule has 0 amide bonds. The molecule has 0 aromatic heterocycles. The minimum Gasteiger partial charge on any atom is -0.371 e. The van der Waals surface area contributed by atoms with Gasteiger partial charge in [-0.15, -0.1) is 0 Å². The SMILES string of the molecule is CCCCCCCCC1(OCCC)C=CC(N=Cc2ccccc2)=CC1. The fraction of sp³-hybridized carbons (Fsp3) is 0.542.